The third kappa shape index (κ3) is 3.95. The molecular formula is C16H25N3O. The zero-order valence-electron chi connectivity index (χ0n) is 12.7. The minimum absolute atomic E-state index is 0.147. The van der Waals surface area contributed by atoms with E-state index in [1.807, 2.05) is 33.2 Å². The zero-order valence-corrected chi connectivity index (χ0v) is 12.7. The van der Waals surface area contributed by atoms with E-state index in [0.29, 0.717) is 5.92 Å². The first-order valence-corrected chi connectivity index (χ1v) is 7.40. The van der Waals surface area contributed by atoms with Gasteiger partial charge in [0, 0.05) is 43.1 Å². The Morgan fingerprint density at radius 3 is 2.45 bits per heavy atom. The van der Waals surface area contributed by atoms with E-state index in [1.165, 1.54) is 5.69 Å². The van der Waals surface area contributed by atoms with Crippen LogP contribution in [0.5, 0.6) is 0 Å². The molecule has 1 amide bonds. The van der Waals surface area contributed by atoms with Gasteiger partial charge in [-0.3, -0.25) is 9.78 Å². The van der Waals surface area contributed by atoms with Crippen molar-refractivity contribution in [2.45, 2.75) is 33.6 Å². The van der Waals surface area contributed by atoms with Gasteiger partial charge >= 0.3 is 0 Å². The van der Waals surface area contributed by atoms with Crippen LogP contribution in [0.3, 0.4) is 0 Å². The van der Waals surface area contributed by atoms with E-state index in [9.17, 15) is 4.79 Å². The fraction of sp³-hybridized carbons (Fsp3) is 0.625. The van der Waals surface area contributed by atoms with E-state index in [1.54, 1.807) is 0 Å². The number of nitrogens with zero attached hydrogens (tertiary/aromatic N) is 2. The van der Waals surface area contributed by atoms with Crippen LogP contribution in [0.2, 0.25) is 0 Å². The summed E-state index contributed by atoms with van der Waals surface area (Å²) in [5.74, 6) is 0.744. The van der Waals surface area contributed by atoms with E-state index >= 15 is 0 Å². The maximum absolute atomic E-state index is 11.9. The SMILES string of the molecule is CC(C)(C)C(=O)NCC1CCN(c2ccncc2)CC1. The second-order valence-corrected chi connectivity index (χ2v) is 6.60. The van der Waals surface area contributed by atoms with Crippen LogP contribution in [0.4, 0.5) is 5.69 Å². The number of carbonyl (C=O) groups is 1. The molecule has 20 heavy (non-hydrogen) atoms. The lowest BCUT2D eigenvalue weighted by molar-refractivity contribution is -0.128. The van der Waals surface area contributed by atoms with Gasteiger partial charge in [0.25, 0.3) is 0 Å². The molecule has 1 saturated heterocycles. The number of hydrogen-bond acceptors (Lipinski definition) is 3. The Hall–Kier alpha value is -1.58. The third-order valence-corrected chi connectivity index (χ3v) is 3.87. The first-order chi connectivity index (χ1) is 9.47. The quantitative estimate of drug-likeness (QED) is 0.921. The van der Waals surface area contributed by atoms with Crippen molar-refractivity contribution in [1.29, 1.82) is 0 Å². The first-order valence-electron chi connectivity index (χ1n) is 7.40. The molecule has 2 rings (SSSR count). The van der Waals surface area contributed by atoms with E-state index in [4.69, 9.17) is 0 Å². The summed E-state index contributed by atoms with van der Waals surface area (Å²) < 4.78 is 0. The maximum atomic E-state index is 11.9. The summed E-state index contributed by atoms with van der Waals surface area (Å²) >= 11 is 0. The molecule has 0 saturated carbocycles. The van der Waals surface area contributed by atoms with Gasteiger partial charge in [0.2, 0.25) is 5.91 Å². The number of anilines is 1. The van der Waals surface area contributed by atoms with Gasteiger partial charge in [-0.1, -0.05) is 20.8 Å². The van der Waals surface area contributed by atoms with Crippen molar-refractivity contribution < 1.29 is 4.79 Å². The number of hydrogen-bond donors (Lipinski definition) is 1. The topological polar surface area (TPSA) is 45.2 Å². The molecular weight excluding hydrogens is 250 g/mol. The van der Waals surface area contributed by atoms with Crippen molar-refractivity contribution >= 4 is 11.6 Å². The van der Waals surface area contributed by atoms with Gasteiger partial charge in [-0.25, -0.2) is 0 Å². The molecule has 1 aromatic rings. The van der Waals surface area contributed by atoms with Crippen molar-refractivity contribution in [3.05, 3.63) is 24.5 Å². The van der Waals surface area contributed by atoms with Gasteiger partial charge < -0.3 is 10.2 Å². The van der Waals surface area contributed by atoms with E-state index in [-0.39, 0.29) is 11.3 Å². The fourth-order valence-electron chi connectivity index (χ4n) is 2.45. The van der Waals surface area contributed by atoms with E-state index in [2.05, 4.69) is 27.3 Å². The van der Waals surface area contributed by atoms with Crippen LogP contribution >= 0.6 is 0 Å². The van der Waals surface area contributed by atoms with Gasteiger partial charge in [0.05, 0.1) is 0 Å². The van der Waals surface area contributed by atoms with Crippen molar-refractivity contribution in [3.8, 4) is 0 Å². The molecule has 1 aliphatic rings. The van der Waals surface area contributed by atoms with Crippen molar-refractivity contribution in [2.75, 3.05) is 24.5 Å². The Morgan fingerprint density at radius 2 is 1.90 bits per heavy atom. The lowest BCUT2D eigenvalue weighted by atomic mass is 9.93. The van der Waals surface area contributed by atoms with Gasteiger partial charge in [-0.15, -0.1) is 0 Å². The van der Waals surface area contributed by atoms with Gasteiger partial charge in [0.15, 0.2) is 0 Å². The van der Waals surface area contributed by atoms with Crippen molar-refractivity contribution in [1.82, 2.24) is 10.3 Å². The van der Waals surface area contributed by atoms with Crippen LogP contribution in [0.15, 0.2) is 24.5 Å². The Morgan fingerprint density at radius 1 is 1.30 bits per heavy atom. The highest BCUT2D eigenvalue weighted by Crippen LogP contribution is 2.22. The van der Waals surface area contributed by atoms with Crippen LogP contribution in [-0.2, 0) is 4.79 Å². The van der Waals surface area contributed by atoms with Gasteiger partial charge in [0.1, 0.15) is 0 Å². The van der Waals surface area contributed by atoms with Gasteiger partial charge in [-0.2, -0.15) is 0 Å². The second-order valence-electron chi connectivity index (χ2n) is 6.60. The molecule has 1 fully saturated rings. The van der Waals surface area contributed by atoms with Crippen LogP contribution < -0.4 is 10.2 Å². The van der Waals surface area contributed by atoms with Crippen LogP contribution in [-0.4, -0.2) is 30.5 Å². The monoisotopic (exact) mass is 275 g/mol. The third-order valence-electron chi connectivity index (χ3n) is 3.87. The summed E-state index contributed by atoms with van der Waals surface area (Å²) in [4.78, 5) is 18.3. The molecule has 0 bridgehead atoms. The molecule has 1 aromatic heterocycles. The zero-order chi connectivity index (χ0) is 14.6. The number of pyridine rings is 1. The highest BCUT2D eigenvalue weighted by molar-refractivity contribution is 5.81. The molecule has 4 heteroatoms. The number of rotatable bonds is 3. The molecule has 0 aliphatic carbocycles. The Labute approximate surface area is 121 Å². The number of piperidine rings is 1. The minimum Gasteiger partial charge on any atom is -0.371 e. The summed E-state index contributed by atoms with van der Waals surface area (Å²) in [5.41, 5.74) is 0.953. The predicted octanol–water partition coefficient (Wildman–Crippen LogP) is 2.46. The van der Waals surface area contributed by atoms with Crippen LogP contribution in [0, 0.1) is 11.3 Å². The number of aromatic nitrogens is 1. The van der Waals surface area contributed by atoms with Gasteiger partial charge in [-0.05, 0) is 30.9 Å². The lowest BCUT2D eigenvalue weighted by Gasteiger charge is -2.34. The molecule has 0 atom stereocenters. The predicted molar refractivity (Wildman–Crippen MR) is 81.6 cm³/mol. The number of carbonyl (C=O) groups excluding carboxylic acids is 1. The minimum atomic E-state index is -0.294. The molecule has 0 aromatic carbocycles. The summed E-state index contributed by atoms with van der Waals surface area (Å²) in [5, 5.41) is 3.08. The molecule has 4 nitrogen and oxygen atoms in total. The summed E-state index contributed by atoms with van der Waals surface area (Å²) in [6, 6.07) is 4.11. The second kappa shape index (κ2) is 6.25. The normalized spacial score (nSPS) is 17.1. The Kier molecular flexibility index (Phi) is 4.63. The Bertz CT molecular complexity index is 431. The van der Waals surface area contributed by atoms with E-state index < -0.39 is 0 Å². The number of amides is 1. The Balaban J connectivity index is 1.76. The molecule has 0 unspecified atom stereocenters. The molecule has 1 N–H and O–H groups in total. The van der Waals surface area contributed by atoms with Crippen LogP contribution in [0.25, 0.3) is 0 Å². The molecule has 0 spiro atoms. The number of nitrogens with one attached hydrogen (secondary N) is 1. The standard InChI is InChI=1S/C16H25N3O/c1-16(2,3)15(20)18-12-13-6-10-19(11-7-13)14-4-8-17-9-5-14/h4-5,8-9,13H,6-7,10-12H2,1-3H3,(H,18,20). The summed E-state index contributed by atoms with van der Waals surface area (Å²) in [6.07, 6.45) is 5.94. The van der Waals surface area contributed by atoms with Crippen molar-refractivity contribution in [2.24, 2.45) is 11.3 Å². The molecule has 0 radical (unpaired) electrons. The largest absolute Gasteiger partial charge is 0.371 e. The highest BCUT2D eigenvalue weighted by Gasteiger charge is 2.24. The first kappa shape index (κ1) is 14.8. The highest BCUT2D eigenvalue weighted by atomic mass is 16.2. The van der Waals surface area contributed by atoms with Crippen LogP contribution in [0.1, 0.15) is 33.6 Å². The molecule has 2 heterocycles. The molecule has 1 aliphatic heterocycles. The lowest BCUT2D eigenvalue weighted by Crippen LogP contribution is -2.41. The molecule has 110 valence electrons. The van der Waals surface area contributed by atoms with Crippen molar-refractivity contribution in [3.63, 3.8) is 0 Å². The fourth-order valence-corrected chi connectivity index (χ4v) is 2.45. The van der Waals surface area contributed by atoms with E-state index in [0.717, 1.165) is 32.5 Å². The maximum Gasteiger partial charge on any atom is 0.225 e. The average Bonchev–Trinajstić information content (AvgIpc) is 2.45. The summed E-state index contributed by atoms with van der Waals surface area (Å²) in [6.45, 7) is 8.78. The summed E-state index contributed by atoms with van der Waals surface area (Å²) in [7, 11) is 0. The average molecular weight is 275 g/mol. The smallest absolute Gasteiger partial charge is 0.225 e.